The van der Waals surface area contributed by atoms with Crippen LogP contribution >= 0.6 is 0 Å². The number of aryl methyl sites for hydroxylation is 2. The van der Waals surface area contributed by atoms with Crippen LogP contribution in [0.3, 0.4) is 0 Å². The second-order valence-corrected chi connectivity index (χ2v) is 11.9. The first kappa shape index (κ1) is 30.0. The third kappa shape index (κ3) is 5.53. The summed E-state index contributed by atoms with van der Waals surface area (Å²) in [5, 5.41) is 19.5. The SMILES string of the molecule is COc1ccc2ccccc2c1C1C(C(=O)Nc2cccc(C)c2C)C(=O)CC(C)(O)C1C(=O)Nc1cccc(C)c1C. The van der Waals surface area contributed by atoms with Crippen molar-refractivity contribution in [2.45, 2.75) is 52.6 Å². The Labute approximate surface area is 252 Å². The summed E-state index contributed by atoms with van der Waals surface area (Å²) in [6.07, 6.45) is -0.355. The molecule has 0 aromatic heterocycles. The number of rotatable bonds is 6. The number of Topliss-reactive ketones (excluding diaryl/α,β-unsaturated/α-hetero) is 1. The lowest BCUT2D eigenvalue weighted by molar-refractivity contribution is -0.150. The van der Waals surface area contributed by atoms with Crippen LogP contribution in [0.1, 0.15) is 47.1 Å². The largest absolute Gasteiger partial charge is 0.496 e. The van der Waals surface area contributed by atoms with Gasteiger partial charge in [0.25, 0.3) is 0 Å². The number of methoxy groups -OCH3 is 1. The summed E-state index contributed by atoms with van der Waals surface area (Å²) >= 11 is 0. The first-order chi connectivity index (χ1) is 20.4. The molecule has 4 aromatic rings. The number of ether oxygens (including phenoxy) is 1. The smallest absolute Gasteiger partial charge is 0.235 e. The zero-order valence-electron chi connectivity index (χ0n) is 25.4. The third-order valence-corrected chi connectivity index (χ3v) is 9.04. The van der Waals surface area contributed by atoms with E-state index in [-0.39, 0.29) is 6.42 Å². The van der Waals surface area contributed by atoms with Crippen molar-refractivity contribution in [2.24, 2.45) is 11.8 Å². The van der Waals surface area contributed by atoms with Crippen LogP contribution in [0.5, 0.6) is 5.75 Å². The summed E-state index contributed by atoms with van der Waals surface area (Å²) in [5.74, 6) is -4.48. The molecule has 0 aliphatic heterocycles. The van der Waals surface area contributed by atoms with Crippen molar-refractivity contribution in [1.29, 1.82) is 0 Å². The quantitative estimate of drug-likeness (QED) is 0.230. The highest BCUT2D eigenvalue weighted by Crippen LogP contribution is 2.51. The number of amides is 2. The van der Waals surface area contributed by atoms with Gasteiger partial charge in [-0.2, -0.15) is 0 Å². The average Bonchev–Trinajstić information content (AvgIpc) is 2.96. The molecule has 7 nitrogen and oxygen atoms in total. The van der Waals surface area contributed by atoms with Gasteiger partial charge in [-0.25, -0.2) is 0 Å². The van der Waals surface area contributed by atoms with E-state index >= 15 is 0 Å². The highest BCUT2D eigenvalue weighted by atomic mass is 16.5. The van der Waals surface area contributed by atoms with E-state index in [4.69, 9.17) is 4.74 Å². The summed E-state index contributed by atoms with van der Waals surface area (Å²) in [7, 11) is 1.52. The van der Waals surface area contributed by atoms with Crippen LogP contribution in [-0.2, 0) is 14.4 Å². The Balaban J connectivity index is 1.72. The van der Waals surface area contributed by atoms with Gasteiger partial charge < -0.3 is 20.5 Å². The van der Waals surface area contributed by atoms with E-state index in [1.165, 1.54) is 14.0 Å². The Bertz CT molecular complexity index is 1740. The molecule has 2 amide bonds. The van der Waals surface area contributed by atoms with E-state index in [0.29, 0.717) is 22.7 Å². The van der Waals surface area contributed by atoms with E-state index in [1.54, 1.807) is 18.2 Å². The molecule has 0 saturated heterocycles. The van der Waals surface area contributed by atoms with E-state index in [9.17, 15) is 19.5 Å². The second kappa shape index (κ2) is 11.7. The van der Waals surface area contributed by atoms with Gasteiger partial charge in [0.2, 0.25) is 11.8 Å². The monoisotopic (exact) mass is 578 g/mol. The first-order valence-corrected chi connectivity index (χ1v) is 14.5. The van der Waals surface area contributed by atoms with E-state index in [2.05, 4.69) is 10.6 Å². The van der Waals surface area contributed by atoms with Gasteiger partial charge in [-0.1, -0.05) is 54.6 Å². The van der Waals surface area contributed by atoms with Crippen LogP contribution in [0.2, 0.25) is 0 Å². The van der Waals surface area contributed by atoms with E-state index in [0.717, 1.165) is 33.0 Å². The maximum Gasteiger partial charge on any atom is 0.235 e. The molecular formula is C36H38N2O5. The van der Waals surface area contributed by atoms with Gasteiger partial charge in [0, 0.05) is 29.3 Å². The van der Waals surface area contributed by atoms with Gasteiger partial charge in [-0.3, -0.25) is 14.4 Å². The molecule has 222 valence electrons. The number of hydrogen-bond donors (Lipinski definition) is 3. The van der Waals surface area contributed by atoms with Crippen molar-refractivity contribution in [3.05, 3.63) is 101 Å². The molecule has 3 N–H and O–H groups in total. The molecule has 4 atom stereocenters. The molecule has 43 heavy (non-hydrogen) atoms. The van der Waals surface area contributed by atoms with Crippen LogP contribution in [0.25, 0.3) is 10.8 Å². The lowest BCUT2D eigenvalue weighted by Crippen LogP contribution is -2.56. The fraction of sp³-hybridized carbons (Fsp3) is 0.306. The van der Waals surface area contributed by atoms with Crippen LogP contribution in [0, 0.1) is 39.5 Å². The molecule has 0 spiro atoms. The molecule has 1 saturated carbocycles. The minimum absolute atomic E-state index is 0.355. The van der Waals surface area contributed by atoms with Crippen LogP contribution < -0.4 is 15.4 Å². The maximum atomic E-state index is 14.3. The Morgan fingerprint density at radius 1 is 0.814 bits per heavy atom. The van der Waals surface area contributed by atoms with Gasteiger partial charge in [0.1, 0.15) is 17.5 Å². The molecule has 4 unspecified atom stereocenters. The third-order valence-electron chi connectivity index (χ3n) is 9.04. The summed E-state index contributed by atoms with van der Waals surface area (Å²) in [6.45, 7) is 9.23. The number of ketones is 1. The number of carbonyl (C=O) groups is 3. The van der Waals surface area contributed by atoms with E-state index in [1.807, 2.05) is 82.3 Å². The molecule has 1 fully saturated rings. The lowest BCUT2D eigenvalue weighted by Gasteiger charge is -2.45. The summed E-state index contributed by atoms with van der Waals surface area (Å²) in [5.41, 5.74) is 3.77. The van der Waals surface area contributed by atoms with Gasteiger partial charge in [-0.15, -0.1) is 0 Å². The van der Waals surface area contributed by atoms with Crippen molar-refractivity contribution in [3.8, 4) is 5.75 Å². The number of aliphatic hydroxyl groups is 1. The lowest BCUT2D eigenvalue weighted by atomic mass is 9.60. The molecule has 4 aromatic carbocycles. The Morgan fingerprint density at radius 3 is 2.00 bits per heavy atom. The second-order valence-electron chi connectivity index (χ2n) is 11.9. The first-order valence-electron chi connectivity index (χ1n) is 14.5. The van der Waals surface area contributed by atoms with Gasteiger partial charge in [-0.05, 0) is 85.8 Å². The molecule has 1 aliphatic carbocycles. The molecule has 0 heterocycles. The molecule has 1 aliphatic rings. The van der Waals surface area contributed by atoms with Crippen LogP contribution in [-0.4, -0.2) is 35.4 Å². The molecule has 7 heteroatoms. The maximum absolute atomic E-state index is 14.3. The van der Waals surface area contributed by atoms with Crippen LogP contribution in [0.4, 0.5) is 11.4 Å². The number of anilines is 2. The number of carbonyl (C=O) groups excluding carboxylic acids is 3. The highest BCUT2D eigenvalue weighted by Gasteiger charge is 2.57. The number of hydrogen-bond acceptors (Lipinski definition) is 5. The average molecular weight is 579 g/mol. The Morgan fingerprint density at radius 2 is 1.40 bits per heavy atom. The minimum Gasteiger partial charge on any atom is -0.496 e. The van der Waals surface area contributed by atoms with Gasteiger partial charge in [0.15, 0.2) is 0 Å². The van der Waals surface area contributed by atoms with Crippen molar-refractivity contribution >= 4 is 39.7 Å². The fourth-order valence-electron chi connectivity index (χ4n) is 6.43. The fourth-order valence-corrected chi connectivity index (χ4v) is 6.43. The Kier molecular flexibility index (Phi) is 8.12. The summed E-state index contributed by atoms with van der Waals surface area (Å²) < 4.78 is 5.82. The van der Waals surface area contributed by atoms with Crippen molar-refractivity contribution in [3.63, 3.8) is 0 Å². The van der Waals surface area contributed by atoms with E-state index < -0.39 is 41.0 Å². The normalized spacial score (nSPS) is 21.8. The predicted octanol–water partition coefficient (Wildman–Crippen LogP) is 6.40. The summed E-state index contributed by atoms with van der Waals surface area (Å²) in [6, 6.07) is 22.5. The Hall–Kier alpha value is -4.49. The molecule has 5 rings (SSSR count). The molecule has 0 radical (unpaired) electrons. The number of fused-ring (bicyclic) bond motifs is 1. The van der Waals surface area contributed by atoms with Crippen molar-refractivity contribution in [1.82, 2.24) is 0 Å². The van der Waals surface area contributed by atoms with Crippen molar-refractivity contribution < 1.29 is 24.2 Å². The number of nitrogens with one attached hydrogen (secondary N) is 2. The zero-order chi connectivity index (χ0) is 31.1. The summed E-state index contributed by atoms with van der Waals surface area (Å²) in [4.78, 5) is 42.5. The minimum atomic E-state index is -1.75. The number of benzene rings is 4. The van der Waals surface area contributed by atoms with Crippen LogP contribution in [0.15, 0.2) is 72.8 Å². The standard InChI is InChI=1S/C36H38N2O5/c1-20-11-9-15-26(22(20)3)37-34(40)31-28(39)19-36(5,42)33(35(41)38-27-16-10-12-21(2)23(27)4)32(31)30-25-14-8-7-13-24(25)17-18-29(30)43-6/h7-18,31-33,42H,19H2,1-6H3,(H,37,40)(H,38,41). The topological polar surface area (TPSA) is 105 Å². The van der Waals surface area contributed by atoms with Gasteiger partial charge >= 0.3 is 0 Å². The highest BCUT2D eigenvalue weighted by molar-refractivity contribution is 6.11. The predicted molar refractivity (Wildman–Crippen MR) is 170 cm³/mol. The zero-order valence-corrected chi connectivity index (χ0v) is 25.4. The molecule has 0 bridgehead atoms. The molecular weight excluding hydrogens is 540 g/mol. The van der Waals surface area contributed by atoms with Crippen molar-refractivity contribution in [2.75, 3.05) is 17.7 Å². The van der Waals surface area contributed by atoms with Gasteiger partial charge in [0.05, 0.1) is 18.6 Å².